The van der Waals surface area contributed by atoms with Gasteiger partial charge in [-0.1, -0.05) is 0 Å². The first-order valence-electron chi connectivity index (χ1n) is 4.99. The molecule has 78 valence electrons. The van der Waals surface area contributed by atoms with Gasteiger partial charge < -0.3 is 4.90 Å². The fourth-order valence-corrected chi connectivity index (χ4v) is 1.52. The van der Waals surface area contributed by atoms with Crippen molar-refractivity contribution in [2.45, 2.75) is 59.5 Å². The van der Waals surface area contributed by atoms with Crippen molar-refractivity contribution in [3.05, 3.63) is 0 Å². The van der Waals surface area contributed by atoms with Gasteiger partial charge in [-0.2, -0.15) is 0 Å². The standard InChI is InChI=1S/C11H24N2/c1-8-12-9-13(10(2,3)4)11(5,6)7/h9H,8H2,1-7H3. The fourth-order valence-electron chi connectivity index (χ4n) is 1.52. The maximum absolute atomic E-state index is 4.31. The zero-order chi connectivity index (χ0) is 10.7. The van der Waals surface area contributed by atoms with Crippen molar-refractivity contribution in [1.82, 2.24) is 4.90 Å². The molecule has 0 N–H and O–H groups in total. The van der Waals surface area contributed by atoms with Crippen LogP contribution in [0, 0.1) is 0 Å². The van der Waals surface area contributed by atoms with E-state index in [0.717, 1.165) is 6.54 Å². The molecule has 0 saturated carbocycles. The van der Waals surface area contributed by atoms with Crippen LogP contribution in [-0.4, -0.2) is 28.9 Å². The highest BCUT2D eigenvalue weighted by atomic mass is 15.3. The summed E-state index contributed by atoms with van der Waals surface area (Å²) in [5, 5.41) is 0. The molecule has 0 spiro atoms. The molecule has 0 aliphatic heterocycles. The third-order valence-electron chi connectivity index (χ3n) is 1.83. The molecular formula is C11H24N2. The van der Waals surface area contributed by atoms with E-state index in [0.29, 0.717) is 0 Å². The van der Waals surface area contributed by atoms with Gasteiger partial charge in [0.1, 0.15) is 0 Å². The van der Waals surface area contributed by atoms with Crippen LogP contribution in [0.1, 0.15) is 48.5 Å². The second kappa shape index (κ2) is 4.12. The van der Waals surface area contributed by atoms with Gasteiger partial charge in [0.2, 0.25) is 0 Å². The van der Waals surface area contributed by atoms with E-state index in [9.17, 15) is 0 Å². The molecule has 0 amide bonds. The lowest BCUT2D eigenvalue weighted by Crippen LogP contribution is -2.51. The molecule has 0 aliphatic rings. The number of hydrogen-bond acceptors (Lipinski definition) is 1. The Hall–Kier alpha value is -0.530. The first kappa shape index (κ1) is 12.5. The number of nitrogens with zero attached hydrogens (tertiary/aromatic N) is 2. The molecule has 0 unspecified atom stereocenters. The molecule has 0 fully saturated rings. The van der Waals surface area contributed by atoms with Gasteiger partial charge in [0.15, 0.2) is 0 Å². The van der Waals surface area contributed by atoms with Crippen LogP contribution in [0.5, 0.6) is 0 Å². The van der Waals surface area contributed by atoms with E-state index in [-0.39, 0.29) is 11.1 Å². The Kier molecular flexibility index (Phi) is 3.95. The third-order valence-corrected chi connectivity index (χ3v) is 1.83. The largest absolute Gasteiger partial charge is 0.353 e. The molecule has 0 aliphatic carbocycles. The van der Waals surface area contributed by atoms with Gasteiger partial charge in [-0.3, -0.25) is 4.99 Å². The monoisotopic (exact) mass is 184 g/mol. The molecule has 13 heavy (non-hydrogen) atoms. The van der Waals surface area contributed by atoms with Crippen LogP contribution in [0.2, 0.25) is 0 Å². The van der Waals surface area contributed by atoms with Crippen LogP contribution in [0.15, 0.2) is 4.99 Å². The SMILES string of the molecule is CCN=CN(C(C)(C)C)C(C)(C)C. The Balaban J connectivity index is 4.68. The van der Waals surface area contributed by atoms with E-state index >= 15 is 0 Å². The lowest BCUT2D eigenvalue weighted by Gasteiger charge is -2.44. The molecule has 0 saturated heterocycles. The normalized spacial score (nSPS) is 13.8. The first-order chi connectivity index (χ1) is 5.69. The van der Waals surface area contributed by atoms with E-state index < -0.39 is 0 Å². The highest BCUT2D eigenvalue weighted by molar-refractivity contribution is 5.57. The summed E-state index contributed by atoms with van der Waals surface area (Å²) >= 11 is 0. The Morgan fingerprint density at radius 1 is 1.00 bits per heavy atom. The van der Waals surface area contributed by atoms with Crippen molar-refractivity contribution in [2.24, 2.45) is 4.99 Å². The molecule has 0 radical (unpaired) electrons. The fraction of sp³-hybridized carbons (Fsp3) is 0.909. The smallest absolute Gasteiger partial charge is 0.0858 e. The minimum atomic E-state index is 0.136. The summed E-state index contributed by atoms with van der Waals surface area (Å²) in [5.74, 6) is 0. The molecule has 0 aromatic carbocycles. The van der Waals surface area contributed by atoms with Gasteiger partial charge in [-0.15, -0.1) is 0 Å². The predicted molar refractivity (Wildman–Crippen MR) is 60.4 cm³/mol. The highest BCUT2D eigenvalue weighted by Gasteiger charge is 2.28. The maximum Gasteiger partial charge on any atom is 0.0858 e. The summed E-state index contributed by atoms with van der Waals surface area (Å²) in [6.45, 7) is 16.2. The van der Waals surface area contributed by atoms with Crippen molar-refractivity contribution < 1.29 is 0 Å². The summed E-state index contributed by atoms with van der Waals surface area (Å²) in [6.07, 6.45) is 1.97. The van der Waals surface area contributed by atoms with Crippen LogP contribution in [0.4, 0.5) is 0 Å². The van der Waals surface area contributed by atoms with Gasteiger partial charge in [-0.25, -0.2) is 0 Å². The van der Waals surface area contributed by atoms with E-state index in [1.165, 1.54) is 0 Å². The van der Waals surface area contributed by atoms with Crippen LogP contribution in [-0.2, 0) is 0 Å². The number of hydrogen-bond donors (Lipinski definition) is 0. The Morgan fingerprint density at radius 2 is 1.38 bits per heavy atom. The quantitative estimate of drug-likeness (QED) is 0.476. The Labute approximate surface area is 83.0 Å². The zero-order valence-electron chi connectivity index (χ0n) is 10.2. The van der Waals surface area contributed by atoms with Crippen molar-refractivity contribution in [3.63, 3.8) is 0 Å². The Morgan fingerprint density at radius 3 is 1.62 bits per heavy atom. The maximum atomic E-state index is 4.31. The predicted octanol–water partition coefficient (Wildman–Crippen LogP) is 2.93. The minimum absolute atomic E-state index is 0.136. The second-order valence-electron chi connectivity index (χ2n) is 5.33. The van der Waals surface area contributed by atoms with Crippen molar-refractivity contribution in [2.75, 3.05) is 6.54 Å². The molecular weight excluding hydrogens is 160 g/mol. The van der Waals surface area contributed by atoms with E-state index in [4.69, 9.17) is 0 Å². The van der Waals surface area contributed by atoms with Gasteiger partial charge in [0, 0.05) is 17.6 Å². The first-order valence-corrected chi connectivity index (χ1v) is 4.99. The summed E-state index contributed by atoms with van der Waals surface area (Å²) in [7, 11) is 0. The van der Waals surface area contributed by atoms with Crippen LogP contribution >= 0.6 is 0 Å². The third kappa shape index (κ3) is 4.30. The summed E-state index contributed by atoms with van der Waals surface area (Å²) in [5.41, 5.74) is 0.272. The topological polar surface area (TPSA) is 15.6 Å². The average Bonchev–Trinajstić information content (AvgIpc) is 1.81. The van der Waals surface area contributed by atoms with Crippen molar-refractivity contribution >= 4 is 6.34 Å². The molecule has 0 aromatic rings. The molecule has 0 aromatic heterocycles. The molecule has 0 rings (SSSR count). The summed E-state index contributed by atoms with van der Waals surface area (Å²) < 4.78 is 0. The van der Waals surface area contributed by atoms with Gasteiger partial charge in [-0.05, 0) is 48.5 Å². The van der Waals surface area contributed by atoms with Crippen LogP contribution < -0.4 is 0 Å². The summed E-state index contributed by atoms with van der Waals surface area (Å²) in [4.78, 5) is 6.60. The molecule has 2 nitrogen and oxygen atoms in total. The lowest BCUT2D eigenvalue weighted by molar-refractivity contribution is 0.130. The second-order valence-corrected chi connectivity index (χ2v) is 5.33. The molecule has 0 heterocycles. The van der Waals surface area contributed by atoms with Gasteiger partial charge in [0.25, 0.3) is 0 Å². The molecule has 0 bridgehead atoms. The summed E-state index contributed by atoms with van der Waals surface area (Å²) in [6, 6.07) is 0. The minimum Gasteiger partial charge on any atom is -0.353 e. The van der Waals surface area contributed by atoms with E-state index in [1.807, 2.05) is 6.34 Å². The zero-order valence-corrected chi connectivity index (χ0v) is 10.2. The number of aliphatic imine (C=N–C) groups is 1. The van der Waals surface area contributed by atoms with E-state index in [1.54, 1.807) is 0 Å². The van der Waals surface area contributed by atoms with Crippen molar-refractivity contribution in [1.29, 1.82) is 0 Å². The van der Waals surface area contributed by atoms with E-state index in [2.05, 4.69) is 58.4 Å². The van der Waals surface area contributed by atoms with Crippen molar-refractivity contribution in [3.8, 4) is 0 Å². The van der Waals surface area contributed by atoms with Gasteiger partial charge in [0.05, 0.1) is 6.34 Å². The van der Waals surface area contributed by atoms with Gasteiger partial charge >= 0.3 is 0 Å². The van der Waals surface area contributed by atoms with Crippen LogP contribution in [0.25, 0.3) is 0 Å². The number of rotatable bonds is 2. The lowest BCUT2D eigenvalue weighted by atomic mass is 9.97. The highest BCUT2D eigenvalue weighted by Crippen LogP contribution is 2.22. The molecule has 2 heteroatoms. The average molecular weight is 184 g/mol. The van der Waals surface area contributed by atoms with Crippen LogP contribution in [0.3, 0.4) is 0 Å². The molecule has 0 atom stereocenters. The Bertz CT molecular complexity index is 156.